The zero-order valence-corrected chi connectivity index (χ0v) is 28.6. The van der Waals surface area contributed by atoms with Crippen molar-refractivity contribution in [3.05, 3.63) is 119 Å². The van der Waals surface area contributed by atoms with Gasteiger partial charge in [0.05, 0.1) is 13.2 Å². The first-order valence-corrected chi connectivity index (χ1v) is 17.7. The Morgan fingerprint density at radius 3 is 1.37 bits per heavy atom. The smallest absolute Gasteiger partial charge is 0.212 e. The highest BCUT2D eigenvalue weighted by atomic mass is 19.1. The first-order valence-electron chi connectivity index (χ1n) is 17.7. The molecule has 0 bridgehead atoms. The van der Waals surface area contributed by atoms with Gasteiger partial charge in [-0.25, -0.2) is 9.97 Å². The van der Waals surface area contributed by atoms with Gasteiger partial charge in [0.1, 0.15) is 11.5 Å². The molecule has 0 atom stereocenters. The van der Waals surface area contributed by atoms with Crippen LogP contribution < -0.4 is 9.47 Å². The standard InChI is InChI=1S/C22H24FNO.C21H22FNO/c1-2-15-25-21-12-10-20(11-13-21)19-8-5-17(6-9-19)3-4-18-7-14-22(23)24-16-18;1-2-24-20-12-10-19(11-13-20)18-8-5-16(6-9-18)3-4-17-7-14-21(22)23-15-17/h7,10-14,16-17,19H,2,5-6,8-9,15H2,1H3;7,10-16,18H,2,5-6,8-9H2,1H3. The molecule has 2 aliphatic rings. The number of hydrogen-bond acceptors (Lipinski definition) is 4. The molecule has 6 rings (SSSR count). The van der Waals surface area contributed by atoms with Crippen LogP contribution in [0.15, 0.2) is 85.2 Å². The third kappa shape index (κ3) is 11.5. The lowest BCUT2D eigenvalue weighted by Gasteiger charge is -2.26. The number of benzene rings is 2. The van der Waals surface area contributed by atoms with E-state index < -0.39 is 11.9 Å². The number of rotatable bonds is 7. The molecule has 4 aromatic rings. The summed E-state index contributed by atoms with van der Waals surface area (Å²) in [4.78, 5) is 7.28. The van der Waals surface area contributed by atoms with Gasteiger partial charge in [-0.15, -0.1) is 0 Å². The molecule has 2 aliphatic carbocycles. The van der Waals surface area contributed by atoms with E-state index in [9.17, 15) is 8.78 Å². The van der Waals surface area contributed by atoms with Gasteiger partial charge >= 0.3 is 0 Å². The molecular formula is C43H46F2N2O2. The molecule has 254 valence electrons. The van der Waals surface area contributed by atoms with E-state index in [0.29, 0.717) is 30.3 Å². The summed E-state index contributed by atoms with van der Waals surface area (Å²) in [7, 11) is 0. The van der Waals surface area contributed by atoms with Gasteiger partial charge < -0.3 is 9.47 Å². The Labute approximate surface area is 290 Å². The second kappa shape index (κ2) is 18.8. The van der Waals surface area contributed by atoms with E-state index in [2.05, 4.69) is 89.1 Å². The Morgan fingerprint density at radius 2 is 1.00 bits per heavy atom. The minimum absolute atomic E-state index is 0.425. The van der Waals surface area contributed by atoms with Crippen molar-refractivity contribution in [2.75, 3.05) is 13.2 Å². The summed E-state index contributed by atoms with van der Waals surface area (Å²) in [6.45, 7) is 5.58. The molecular weight excluding hydrogens is 614 g/mol. The number of pyridine rings is 2. The van der Waals surface area contributed by atoms with Crippen LogP contribution in [0.25, 0.3) is 0 Å². The Kier molecular flexibility index (Phi) is 13.6. The Balaban J connectivity index is 0.000000191. The van der Waals surface area contributed by atoms with Crippen molar-refractivity contribution >= 4 is 0 Å². The lowest BCUT2D eigenvalue weighted by atomic mass is 9.79. The van der Waals surface area contributed by atoms with Crippen molar-refractivity contribution < 1.29 is 18.3 Å². The van der Waals surface area contributed by atoms with Crippen LogP contribution in [-0.4, -0.2) is 23.2 Å². The maximum absolute atomic E-state index is 12.8. The fourth-order valence-corrected chi connectivity index (χ4v) is 6.47. The molecule has 2 saturated carbocycles. The van der Waals surface area contributed by atoms with Crippen molar-refractivity contribution in [2.45, 2.75) is 83.5 Å². The van der Waals surface area contributed by atoms with Gasteiger partial charge in [0.2, 0.25) is 11.9 Å². The van der Waals surface area contributed by atoms with Gasteiger partial charge in [0.25, 0.3) is 0 Å². The van der Waals surface area contributed by atoms with Crippen molar-refractivity contribution in [3.8, 4) is 35.2 Å². The summed E-state index contributed by atoms with van der Waals surface area (Å²) in [6.07, 6.45) is 13.1. The van der Waals surface area contributed by atoms with Crippen LogP contribution in [0.4, 0.5) is 8.78 Å². The first-order chi connectivity index (χ1) is 24.0. The molecule has 0 unspecified atom stereocenters. The van der Waals surface area contributed by atoms with Crippen molar-refractivity contribution in [1.29, 1.82) is 0 Å². The van der Waals surface area contributed by atoms with Crippen LogP contribution in [0.2, 0.25) is 0 Å². The van der Waals surface area contributed by atoms with Crippen LogP contribution in [0, 0.1) is 47.4 Å². The zero-order valence-electron chi connectivity index (χ0n) is 28.6. The Bertz CT molecular complexity index is 1680. The van der Waals surface area contributed by atoms with E-state index >= 15 is 0 Å². The Morgan fingerprint density at radius 1 is 0.571 bits per heavy atom. The fourth-order valence-electron chi connectivity index (χ4n) is 6.47. The molecule has 2 fully saturated rings. The second-order valence-electron chi connectivity index (χ2n) is 12.8. The Hall–Kier alpha value is -4.68. The molecule has 0 spiro atoms. The summed E-state index contributed by atoms with van der Waals surface area (Å²) >= 11 is 0. The average molecular weight is 661 g/mol. The molecule has 0 N–H and O–H groups in total. The summed E-state index contributed by atoms with van der Waals surface area (Å²) in [5.74, 6) is 16.0. The molecule has 0 radical (unpaired) electrons. The molecule has 2 aromatic carbocycles. The SMILES string of the molecule is CCCOc1ccc(C2CCC(C#Cc3ccc(F)nc3)CC2)cc1.CCOc1ccc(C2CCC(C#Cc3ccc(F)nc3)CC2)cc1. The largest absolute Gasteiger partial charge is 0.494 e. The molecule has 2 heterocycles. The van der Waals surface area contributed by atoms with E-state index in [0.717, 1.165) is 87.0 Å². The third-order valence-electron chi connectivity index (χ3n) is 9.24. The van der Waals surface area contributed by atoms with Crippen LogP contribution in [0.5, 0.6) is 11.5 Å². The molecule has 0 aliphatic heterocycles. The van der Waals surface area contributed by atoms with Gasteiger partial charge in [-0.2, -0.15) is 8.78 Å². The van der Waals surface area contributed by atoms with Crippen LogP contribution in [-0.2, 0) is 0 Å². The minimum Gasteiger partial charge on any atom is -0.494 e. The highest BCUT2D eigenvalue weighted by Crippen LogP contribution is 2.37. The van der Waals surface area contributed by atoms with Gasteiger partial charge in [-0.05, 0) is 136 Å². The van der Waals surface area contributed by atoms with Gasteiger partial charge in [-0.3, -0.25) is 0 Å². The van der Waals surface area contributed by atoms with Crippen molar-refractivity contribution in [1.82, 2.24) is 9.97 Å². The quantitative estimate of drug-likeness (QED) is 0.146. The maximum atomic E-state index is 12.8. The van der Waals surface area contributed by atoms with E-state index in [1.54, 1.807) is 12.1 Å². The minimum atomic E-state index is -0.462. The van der Waals surface area contributed by atoms with Gasteiger partial charge in [0, 0.05) is 35.4 Å². The first kappa shape index (κ1) is 35.6. The molecule has 0 saturated heterocycles. The maximum Gasteiger partial charge on any atom is 0.212 e. The molecule has 2 aromatic heterocycles. The highest BCUT2D eigenvalue weighted by Gasteiger charge is 2.22. The van der Waals surface area contributed by atoms with Gasteiger partial charge in [-0.1, -0.05) is 54.9 Å². The van der Waals surface area contributed by atoms with E-state index in [1.165, 1.54) is 35.7 Å². The van der Waals surface area contributed by atoms with Crippen molar-refractivity contribution in [2.24, 2.45) is 11.8 Å². The second-order valence-corrected chi connectivity index (χ2v) is 12.8. The lowest BCUT2D eigenvalue weighted by molar-refractivity contribution is 0.317. The highest BCUT2D eigenvalue weighted by molar-refractivity contribution is 5.34. The number of nitrogens with zero attached hydrogens (tertiary/aromatic N) is 2. The van der Waals surface area contributed by atoms with Crippen molar-refractivity contribution in [3.63, 3.8) is 0 Å². The van der Waals surface area contributed by atoms with E-state index in [4.69, 9.17) is 9.47 Å². The molecule has 49 heavy (non-hydrogen) atoms. The number of hydrogen-bond donors (Lipinski definition) is 0. The predicted octanol–water partition coefficient (Wildman–Crippen LogP) is 10.3. The molecule has 0 amide bonds. The number of ether oxygens (including phenoxy) is 2. The fraction of sp³-hybridized carbons (Fsp3) is 0.395. The van der Waals surface area contributed by atoms with E-state index in [-0.39, 0.29) is 0 Å². The summed E-state index contributed by atoms with van der Waals surface area (Å²) in [6, 6.07) is 23.1. The van der Waals surface area contributed by atoms with E-state index in [1.807, 2.05) is 6.92 Å². The van der Waals surface area contributed by atoms with Crippen LogP contribution >= 0.6 is 0 Å². The summed E-state index contributed by atoms with van der Waals surface area (Å²) in [5, 5.41) is 0. The van der Waals surface area contributed by atoms with Gasteiger partial charge in [0.15, 0.2) is 0 Å². The number of aromatic nitrogens is 2. The van der Waals surface area contributed by atoms with Crippen LogP contribution in [0.1, 0.15) is 106 Å². The average Bonchev–Trinajstić information content (AvgIpc) is 3.15. The predicted molar refractivity (Wildman–Crippen MR) is 191 cm³/mol. The third-order valence-corrected chi connectivity index (χ3v) is 9.24. The molecule has 6 heteroatoms. The molecule has 4 nitrogen and oxygen atoms in total. The monoisotopic (exact) mass is 660 g/mol. The lowest BCUT2D eigenvalue weighted by Crippen LogP contribution is -2.12. The van der Waals surface area contributed by atoms with Crippen LogP contribution in [0.3, 0.4) is 0 Å². The number of halogens is 2. The normalized spacial score (nSPS) is 19.9. The topological polar surface area (TPSA) is 44.2 Å². The summed E-state index contributed by atoms with van der Waals surface area (Å²) < 4.78 is 36.7. The summed E-state index contributed by atoms with van der Waals surface area (Å²) in [5.41, 5.74) is 4.36. The zero-order chi connectivity index (χ0) is 34.3.